The van der Waals surface area contributed by atoms with Crippen molar-refractivity contribution in [1.29, 1.82) is 0 Å². The van der Waals surface area contributed by atoms with E-state index in [0.717, 1.165) is 18.4 Å². The van der Waals surface area contributed by atoms with Gasteiger partial charge in [0.05, 0.1) is 0 Å². The monoisotopic (exact) mass is 178 g/mol. The second-order valence-corrected chi connectivity index (χ2v) is 3.65. The molecule has 2 rings (SSSR count). The third-order valence-electron chi connectivity index (χ3n) is 2.30. The molecule has 3 nitrogen and oxygen atoms in total. The third-order valence-corrected chi connectivity index (χ3v) is 2.30. The molecule has 70 valence electrons. The molecule has 3 heteroatoms. The molecule has 1 aromatic rings. The normalized spacial score (nSPS) is 26.6. The van der Waals surface area contributed by atoms with Crippen molar-refractivity contribution in [1.82, 2.24) is 4.98 Å². The van der Waals surface area contributed by atoms with Gasteiger partial charge in [-0.15, -0.1) is 0 Å². The number of hydrogen-bond donors (Lipinski definition) is 1. The Labute approximate surface area is 77.9 Å². The van der Waals surface area contributed by atoms with E-state index in [4.69, 9.17) is 10.5 Å². The van der Waals surface area contributed by atoms with E-state index < -0.39 is 0 Å². The zero-order chi connectivity index (χ0) is 9.26. The molecule has 0 saturated heterocycles. The molecular formula is C10H14N2O. The first-order valence-electron chi connectivity index (χ1n) is 4.59. The highest BCUT2D eigenvalue weighted by molar-refractivity contribution is 5.16. The molecular weight excluding hydrogens is 164 g/mol. The molecule has 0 spiro atoms. The smallest absolute Gasteiger partial charge is 0.213 e. The molecule has 0 unspecified atom stereocenters. The fourth-order valence-electron chi connectivity index (χ4n) is 1.40. The number of nitrogens with zero attached hydrogens (tertiary/aromatic N) is 1. The summed E-state index contributed by atoms with van der Waals surface area (Å²) in [6.07, 6.45) is 4.00. The van der Waals surface area contributed by atoms with Crippen molar-refractivity contribution >= 4 is 0 Å². The van der Waals surface area contributed by atoms with Gasteiger partial charge in [0.1, 0.15) is 6.10 Å². The average Bonchev–Trinajstić information content (AvgIpc) is 2.06. The standard InChI is InChI=1S/C10H14N2O/c1-7-2-3-10(12-6-7)13-9-4-8(11)5-9/h2-3,6,8-9H,4-5,11H2,1H3/t8-,9-. The molecule has 0 radical (unpaired) electrons. The van der Waals surface area contributed by atoms with E-state index in [2.05, 4.69) is 4.98 Å². The van der Waals surface area contributed by atoms with Gasteiger partial charge >= 0.3 is 0 Å². The van der Waals surface area contributed by atoms with Gasteiger partial charge in [-0.25, -0.2) is 4.98 Å². The first-order valence-corrected chi connectivity index (χ1v) is 4.59. The van der Waals surface area contributed by atoms with Crippen molar-refractivity contribution in [2.24, 2.45) is 5.73 Å². The summed E-state index contributed by atoms with van der Waals surface area (Å²) in [6.45, 7) is 2.01. The molecule has 0 atom stereocenters. The Hall–Kier alpha value is -1.09. The molecule has 0 amide bonds. The maximum Gasteiger partial charge on any atom is 0.213 e. The molecule has 1 fully saturated rings. The molecule has 0 aromatic carbocycles. The summed E-state index contributed by atoms with van der Waals surface area (Å²) in [7, 11) is 0. The van der Waals surface area contributed by atoms with Crippen molar-refractivity contribution in [3.05, 3.63) is 23.9 Å². The first kappa shape index (κ1) is 8.51. The Kier molecular flexibility index (Phi) is 2.19. The van der Waals surface area contributed by atoms with Crippen LogP contribution in [-0.2, 0) is 0 Å². The highest BCUT2D eigenvalue weighted by Crippen LogP contribution is 2.23. The van der Waals surface area contributed by atoms with Gasteiger partial charge in [-0.3, -0.25) is 0 Å². The molecule has 1 aliphatic rings. The number of hydrogen-bond acceptors (Lipinski definition) is 3. The number of rotatable bonds is 2. The number of nitrogens with two attached hydrogens (primary N) is 1. The van der Waals surface area contributed by atoms with E-state index in [1.165, 1.54) is 0 Å². The second-order valence-electron chi connectivity index (χ2n) is 3.65. The summed E-state index contributed by atoms with van der Waals surface area (Å²) >= 11 is 0. The Bertz CT molecular complexity index is 277. The lowest BCUT2D eigenvalue weighted by Gasteiger charge is -2.32. The van der Waals surface area contributed by atoms with Gasteiger partial charge in [-0.1, -0.05) is 6.07 Å². The number of aromatic nitrogens is 1. The van der Waals surface area contributed by atoms with Gasteiger partial charge in [0, 0.05) is 18.3 Å². The highest BCUT2D eigenvalue weighted by atomic mass is 16.5. The minimum absolute atomic E-state index is 0.283. The third kappa shape index (κ3) is 1.98. The first-order chi connectivity index (χ1) is 6.24. The summed E-state index contributed by atoms with van der Waals surface area (Å²) in [6, 6.07) is 4.23. The minimum Gasteiger partial charge on any atom is -0.474 e. The molecule has 1 aromatic heterocycles. The van der Waals surface area contributed by atoms with Crippen LogP contribution in [0.4, 0.5) is 0 Å². The second kappa shape index (κ2) is 3.34. The minimum atomic E-state index is 0.283. The summed E-state index contributed by atoms with van der Waals surface area (Å²) in [5.74, 6) is 0.711. The van der Waals surface area contributed by atoms with E-state index in [0.29, 0.717) is 11.9 Å². The van der Waals surface area contributed by atoms with Crippen molar-refractivity contribution < 1.29 is 4.74 Å². The van der Waals surface area contributed by atoms with E-state index in [9.17, 15) is 0 Å². The van der Waals surface area contributed by atoms with Crippen LogP contribution < -0.4 is 10.5 Å². The summed E-state index contributed by atoms with van der Waals surface area (Å²) in [5, 5.41) is 0. The Balaban J connectivity index is 1.91. The Morgan fingerprint density at radius 3 is 2.77 bits per heavy atom. The molecule has 0 bridgehead atoms. The maximum absolute atomic E-state index is 5.65. The lowest BCUT2D eigenvalue weighted by molar-refractivity contribution is 0.0958. The van der Waals surface area contributed by atoms with Crippen LogP contribution in [0.5, 0.6) is 5.88 Å². The summed E-state index contributed by atoms with van der Waals surface area (Å²) < 4.78 is 5.58. The zero-order valence-corrected chi connectivity index (χ0v) is 7.73. The van der Waals surface area contributed by atoms with Crippen LogP contribution >= 0.6 is 0 Å². The molecule has 13 heavy (non-hydrogen) atoms. The Morgan fingerprint density at radius 1 is 1.46 bits per heavy atom. The fourth-order valence-corrected chi connectivity index (χ4v) is 1.40. The van der Waals surface area contributed by atoms with Crippen molar-refractivity contribution in [2.45, 2.75) is 31.9 Å². The molecule has 1 saturated carbocycles. The van der Waals surface area contributed by atoms with Crippen molar-refractivity contribution in [3.8, 4) is 5.88 Å². The predicted molar refractivity (Wildman–Crippen MR) is 50.6 cm³/mol. The summed E-state index contributed by atoms with van der Waals surface area (Å²) in [4.78, 5) is 4.16. The number of aryl methyl sites for hydroxylation is 1. The van der Waals surface area contributed by atoms with E-state index in [1.54, 1.807) is 0 Å². The van der Waals surface area contributed by atoms with Crippen LogP contribution in [0, 0.1) is 6.92 Å². The van der Waals surface area contributed by atoms with Crippen LogP contribution in [0.3, 0.4) is 0 Å². The van der Waals surface area contributed by atoms with Gasteiger partial charge < -0.3 is 10.5 Å². The highest BCUT2D eigenvalue weighted by Gasteiger charge is 2.27. The van der Waals surface area contributed by atoms with Gasteiger partial charge in [-0.2, -0.15) is 0 Å². The fraction of sp³-hybridized carbons (Fsp3) is 0.500. The van der Waals surface area contributed by atoms with Crippen LogP contribution in [0.15, 0.2) is 18.3 Å². The summed E-state index contributed by atoms with van der Waals surface area (Å²) in [5.41, 5.74) is 6.80. The van der Waals surface area contributed by atoms with E-state index >= 15 is 0 Å². The SMILES string of the molecule is Cc1ccc(O[C@H]2C[C@H](N)C2)nc1. The van der Waals surface area contributed by atoms with E-state index in [1.807, 2.05) is 25.3 Å². The van der Waals surface area contributed by atoms with Crippen LogP contribution in [0.2, 0.25) is 0 Å². The van der Waals surface area contributed by atoms with Crippen LogP contribution in [0.1, 0.15) is 18.4 Å². The average molecular weight is 178 g/mol. The van der Waals surface area contributed by atoms with Crippen LogP contribution in [-0.4, -0.2) is 17.1 Å². The van der Waals surface area contributed by atoms with Crippen molar-refractivity contribution in [3.63, 3.8) is 0 Å². The lowest BCUT2D eigenvalue weighted by Crippen LogP contribution is -2.43. The van der Waals surface area contributed by atoms with Gasteiger partial charge in [0.25, 0.3) is 0 Å². The molecule has 0 aliphatic heterocycles. The zero-order valence-electron chi connectivity index (χ0n) is 7.73. The lowest BCUT2D eigenvalue weighted by atomic mass is 9.90. The number of ether oxygens (including phenoxy) is 1. The number of pyridine rings is 1. The molecule has 1 heterocycles. The predicted octanol–water partition coefficient (Wildman–Crippen LogP) is 1.26. The maximum atomic E-state index is 5.65. The van der Waals surface area contributed by atoms with Gasteiger partial charge in [0.15, 0.2) is 0 Å². The topological polar surface area (TPSA) is 48.1 Å². The van der Waals surface area contributed by atoms with E-state index in [-0.39, 0.29) is 6.10 Å². The Morgan fingerprint density at radius 2 is 2.23 bits per heavy atom. The van der Waals surface area contributed by atoms with Gasteiger partial charge in [0.2, 0.25) is 5.88 Å². The van der Waals surface area contributed by atoms with Crippen molar-refractivity contribution in [2.75, 3.05) is 0 Å². The quantitative estimate of drug-likeness (QED) is 0.741. The molecule has 1 aliphatic carbocycles. The molecule has 2 N–H and O–H groups in total. The van der Waals surface area contributed by atoms with Crippen LogP contribution in [0.25, 0.3) is 0 Å². The largest absolute Gasteiger partial charge is 0.474 e. The van der Waals surface area contributed by atoms with Gasteiger partial charge in [-0.05, 0) is 25.3 Å².